The number of benzene rings is 1. The van der Waals surface area contributed by atoms with Gasteiger partial charge in [0.1, 0.15) is 0 Å². The van der Waals surface area contributed by atoms with Gasteiger partial charge in [-0.3, -0.25) is 9.89 Å². The average molecular weight is 388 g/mol. The molecule has 1 aromatic rings. The van der Waals surface area contributed by atoms with Gasteiger partial charge in [-0.15, -0.1) is 0 Å². The van der Waals surface area contributed by atoms with Crippen LogP contribution in [0.1, 0.15) is 18.9 Å². The van der Waals surface area contributed by atoms with Gasteiger partial charge in [0.05, 0.1) is 19.8 Å². The van der Waals surface area contributed by atoms with Crippen molar-refractivity contribution in [3.05, 3.63) is 35.9 Å². The van der Waals surface area contributed by atoms with E-state index >= 15 is 0 Å². The highest BCUT2D eigenvalue weighted by Crippen LogP contribution is 2.17. The molecule has 1 aromatic carbocycles. The first-order valence-corrected chi connectivity index (χ1v) is 10.7. The van der Waals surface area contributed by atoms with Crippen LogP contribution in [0.5, 0.6) is 0 Å². The Morgan fingerprint density at radius 1 is 1.21 bits per heavy atom. The monoisotopic (exact) mass is 387 g/mol. The van der Waals surface area contributed by atoms with Gasteiger partial charge in [0.15, 0.2) is 5.96 Å². The number of morpholine rings is 1. The largest absolute Gasteiger partial charge is 0.379 e. The van der Waals surface area contributed by atoms with Gasteiger partial charge in [0.25, 0.3) is 0 Å². The van der Waals surface area contributed by atoms with Crippen LogP contribution in [-0.4, -0.2) is 99.3 Å². The SMILES string of the molecule is CCNC(=NCC(Cc1ccccc1)N(C)C)N1CCC(N2CCOCC2)C1. The maximum absolute atomic E-state index is 5.51. The lowest BCUT2D eigenvalue weighted by atomic mass is 10.1. The summed E-state index contributed by atoms with van der Waals surface area (Å²) in [5.74, 6) is 1.07. The smallest absolute Gasteiger partial charge is 0.194 e. The maximum atomic E-state index is 5.51. The number of rotatable bonds is 7. The molecule has 2 saturated heterocycles. The molecule has 28 heavy (non-hydrogen) atoms. The molecule has 6 heteroatoms. The van der Waals surface area contributed by atoms with Gasteiger partial charge in [0, 0.05) is 44.8 Å². The molecular formula is C22H37N5O. The summed E-state index contributed by atoms with van der Waals surface area (Å²) in [6.45, 7) is 9.88. The Kier molecular flexibility index (Phi) is 8.13. The first-order chi connectivity index (χ1) is 13.7. The number of hydrogen-bond donors (Lipinski definition) is 1. The lowest BCUT2D eigenvalue weighted by Crippen LogP contribution is -2.47. The number of aliphatic imine (C=N–C) groups is 1. The molecule has 2 aliphatic heterocycles. The van der Waals surface area contributed by atoms with Crippen molar-refractivity contribution in [1.29, 1.82) is 0 Å². The number of nitrogens with zero attached hydrogens (tertiary/aromatic N) is 4. The second-order valence-corrected chi connectivity index (χ2v) is 8.04. The third kappa shape index (κ3) is 5.93. The van der Waals surface area contributed by atoms with E-state index in [-0.39, 0.29) is 0 Å². The lowest BCUT2D eigenvalue weighted by molar-refractivity contribution is 0.0195. The maximum Gasteiger partial charge on any atom is 0.194 e. The zero-order chi connectivity index (χ0) is 19.8. The first kappa shape index (κ1) is 21.1. The van der Waals surface area contributed by atoms with Crippen molar-refractivity contribution in [2.45, 2.75) is 31.8 Å². The van der Waals surface area contributed by atoms with Crippen molar-refractivity contribution in [3.8, 4) is 0 Å². The lowest BCUT2D eigenvalue weighted by Gasteiger charge is -2.32. The molecule has 0 spiro atoms. The molecule has 1 N–H and O–H groups in total. The van der Waals surface area contributed by atoms with Crippen LogP contribution < -0.4 is 5.32 Å². The predicted molar refractivity (Wildman–Crippen MR) is 116 cm³/mol. The molecule has 0 radical (unpaired) electrons. The molecule has 2 atom stereocenters. The van der Waals surface area contributed by atoms with Crippen LogP contribution in [0.25, 0.3) is 0 Å². The van der Waals surface area contributed by atoms with Crippen molar-refractivity contribution >= 4 is 5.96 Å². The van der Waals surface area contributed by atoms with E-state index < -0.39 is 0 Å². The van der Waals surface area contributed by atoms with Gasteiger partial charge in [-0.2, -0.15) is 0 Å². The Morgan fingerprint density at radius 2 is 1.96 bits per heavy atom. The van der Waals surface area contributed by atoms with E-state index in [9.17, 15) is 0 Å². The summed E-state index contributed by atoms with van der Waals surface area (Å²) in [6.07, 6.45) is 2.23. The van der Waals surface area contributed by atoms with Gasteiger partial charge in [-0.05, 0) is 39.4 Å². The van der Waals surface area contributed by atoms with E-state index in [1.807, 2.05) is 0 Å². The van der Waals surface area contributed by atoms with Crippen LogP contribution in [0.15, 0.2) is 35.3 Å². The second kappa shape index (κ2) is 10.8. The fraction of sp³-hybridized carbons (Fsp3) is 0.682. The molecule has 0 aliphatic carbocycles. The van der Waals surface area contributed by atoms with Crippen molar-refractivity contribution < 1.29 is 4.74 Å². The molecule has 2 heterocycles. The van der Waals surface area contributed by atoms with Crippen molar-refractivity contribution in [2.24, 2.45) is 4.99 Å². The summed E-state index contributed by atoms with van der Waals surface area (Å²) in [4.78, 5) is 12.4. The number of hydrogen-bond acceptors (Lipinski definition) is 4. The van der Waals surface area contributed by atoms with Crippen molar-refractivity contribution in [1.82, 2.24) is 20.0 Å². The van der Waals surface area contributed by atoms with Gasteiger partial charge in [0.2, 0.25) is 0 Å². The van der Waals surface area contributed by atoms with E-state index in [2.05, 4.69) is 71.4 Å². The normalized spacial score (nSPS) is 22.6. The second-order valence-electron chi connectivity index (χ2n) is 8.04. The number of likely N-dealkylation sites (tertiary alicyclic amines) is 1. The Labute approximate surface area is 170 Å². The van der Waals surface area contributed by atoms with E-state index in [1.165, 1.54) is 12.0 Å². The van der Waals surface area contributed by atoms with Crippen LogP contribution >= 0.6 is 0 Å². The zero-order valence-electron chi connectivity index (χ0n) is 17.8. The highest BCUT2D eigenvalue weighted by molar-refractivity contribution is 5.80. The van der Waals surface area contributed by atoms with Crippen molar-refractivity contribution in [2.75, 3.05) is 66.6 Å². The summed E-state index contributed by atoms with van der Waals surface area (Å²) in [6, 6.07) is 11.7. The standard InChI is InChI=1S/C22H37N5O/c1-4-23-22(27-11-10-20(18-27)26-12-14-28-15-13-26)24-17-21(25(2)3)16-19-8-6-5-7-9-19/h5-9,20-21H,4,10-18H2,1-3H3,(H,23,24). The zero-order valence-corrected chi connectivity index (χ0v) is 17.8. The van der Waals surface area contributed by atoms with Crippen molar-refractivity contribution in [3.63, 3.8) is 0 Å². The Morgan fingerprint density at radius 3 is 2.64 bits per heavy atom. The predicted octanol–water partition coefficient (Wildman–Crippen LogP) is 1.53. The van der Waals surface area contributed by atoms with E-state index in [0.29, 0.717) is 12.1 Å². The topological polar surface area (TPSA) is 43.3 Å². The van der Waals surface area contributed by atoms with Gasteiger partial charge in [-0.1, -0.05) is 30.3 Å². The van der Waals surface area contributed by atoms with Crippen LogP contribution in [-0.2, 0) is 11.2 Å². The first-order valence-electron chi connectivity index (χ1n) is 10.7. The highest BCUT2D eigenvalue weighted by atomic mass is 16.5. The molecule has 2 unspecified atom stereocenters. The summed E-state index contributed by atoms with van der Waals surface area (Å²) in [7, 11) is 4.31. The highest BCUT2D eigenvalue weighted by Gasteiger charge is 2.30. The Balaban J connectivity index is 1.60. The number of guanidine groups is 1. The van der Waals surface area contributed by atoms with E-state index in [0.717, 1.165) is 64.9 Å². The average Bonchev–Trinajstić information content (AvgIpc) is 3.21. The molecule has 2 aliphatic rings. The quantitative estimate of drug-likeness (QED) is 0.568. The van der Waals surface area contributed by atoms with Gasteiger partial charge >= 0.3 is 0 Å². The van der Waals surface area contributed by atoms with E-state index in [4.69, 9.17) is 9.73 Å². The third-order valence-electron chi connectivity index (χ3n) is 5.86. The Bertz CT molecular complexity index is 600. The molecular weight excluding hydrogens is 350 g/mol. The minimum atomic E-state index is 0.397. The fourth-order valence-corrected chi connectivity index (χ4v) is 4.09. The minimum Gasteiger partial charge on any atom is -0.379 e. The minimum absolute atomic E-state index is 0.397. The molecule has 0 bridgehead atoms. The fourth-order valence-electron chi connectivity index (χ4n) is 4.09. The summed E-state index contributed by atoms with van der Waals surface area (Å²) >= 11 is 0. The number of likely N-dealkylation sites (N-methyl/N-ethyl adjacent to an activating group) is 1. The summed E-state index contributed by atoms with van der Waals surface area (Å²) in [5.41, 5.74) is 1.37. The molecule has 0 amide bonds. The van der Waals surface area contributed by atoms with Gasteiger partial charge < -0.3 is 19.9 Å². The van der Waals surface area contributed by atoms with Gasteiger partial charge in [-0.25, -0.2) is 0 Å². The van der Waals surface area contributed by atoms with Crippen LogP contribution in [0.2, 0.25) is 0 Å². The Hall–Kier alpha value is -1.63. The molecule has 2 fully saturated rings. The van der Waals surface area contributed by atoms with E-state index in [1.54, 1.807) is 0 Å². The molecule has 156 valence electrons. The molecule has 3 rings (SSSR count). The number of nitrogens with one attached hydrogen (secondary N) is 1. The molecule has 0 saturated carbocycles. The number of ether oxygens (including phenoxy) is 1. The summed E-state index contributed by atoms with van der Waals surface area (Å²) < 4.78 is 5.51. The van der Waals surface area contributed by atoms with Crippen LogP contribution in [0, 0.1) is 0 Å². The van der Waals surface area contributed by atoms with Crippen LogP contribution in [0.3, 0.4) is 0 Å². The van der Waals surface area contributed by atoms with Crippen LogP contribution in [0.4, 0.5) is 0 Å². The third-order valence-corrected chi connectivity index (χ3v) is 5.86. The summed E-state index contributed by atoms with van der Waals surface area (Å²) in [5, 5.41) is 3.52. The molecule has 0 aromatic heterocycles. The molecule has 6 nitrogen and oxygen atoms in total.